The van der Waals surface area contributed by atoms with Gasteiger partial charge in [0.1, 0.15) is 5.75 Å². The molecule has 3 aliphatic rings. The fourth-order valence-electron chi connectivity index (χ4n) is 5.04. The van der Waals surface area contributed by atoms with E-state index >= 15 is 0 Å². The third-order valence-electron chi connectivity index (χ3n) is 7.19. The SMILES string of the molecule is CC.CC(C)Oc1ccc(S(C)(=O)=O)cc1C(=O)N1CCC2=C(CC(S(=O)(=O)N3CCN(C)CC3)C=CC2)C1. The molecule has 2 aliphatic heterocycles. The Bertz CT molecular complexity index is 1310. The highest BCUT2D eigenvalue weighted by atomic mass is 32.2. The number of rotatable bonds is 6. The second-order valence-electron chi connectivity index (χ2n) is 10.4. The van der Waals surface area contributed by atoms with E-state index in [9.17, 15) is 21.6 Å². The molecule has 218 valence electrons. The van der Waals surface area contributed by atoms with Crippen molar-refractivity contribution in [3.8, 4) is 5.75 Å². The van der Waals surface area contributed by atoms with Gasteiger partial charge < -0.3 is 14.5 Å². The van der Waals surface area contributed by atoms with Gasteiger partial charge in [0.15, 0.2) is 9.84 Å². The van der Waals surface area contributed by atoms with Gasteiger partial charge >= 0.3 is 0 Å². The first-order valence-electron chi connectivity index (χ1n) is 13.7. The Morgan fingerprint density at radius 1 is 1.00 bits per heavy atom. The average Bonchev–Trinajstić information content (AvgIpc) is 3.11. The number of carbonyl (C=O) groups is 1. The van der Waals surface area contributed by atoms with Crippen molar-refractivity contribution in [2.45, 2.75) is 63.2 Å². The second kappa shape index (κ2) is 13.0. The Balaban J connectivity index is 0.00000205. The maximum Gasteiger partial charge on any atom is 0.257 e. The standard InChI is InChI=1S/C26H37N3O6S2.C2H6/c1-19(2)35-25-9-8-22(36(4,31)32)17-24(25)26(30)28-11-10-20-6-5-7-23(16-21(20)18-28)37(33,34)29-14-12-27(3)13-15-29;1-2/h5,7-9,17,19,23H,6,10-16,18H2,1-4H3;1-2H3. The van der Waals surface area contributed by atoms with Crippen LogP contribution in [0.5, 0.6) is 5.75 Å². The first kappa shape index (κ1) is 31.3. The summed E-state index contributed by atoms with van der Waals surface area (Å²) >= 11 is 0. The predicted molar refractivity (Wildman–Crippen MR) is 154 cm³/mol. The van der Waals surface area contributed by atoms with Crippen molar-refractivity contribution in [2.24, 2.45) is 0 Å². The monoisotopic (exact) mass is 581 g/mol. The summed E-state index contributed by atoms with van der Waals surface area (Å²) in [6.07, 6.45) is 6.35. The normalized spacial score (nSPS) is 21.2. The van der Waals surface area contributed by atoms with Crippen LogP contribution in [0.1, 0.15) is 57.3 Å². The van der Waals surface area contributed by atoms with E-state index in [1.165, 1.54) is 23.8 Å². The molecule has 9 nitrogen and oxygen atoms in total. The van der Waals surface area contributed by atoms with E-state index < -0.39 is 25.1 Å². The molecule has 1 aromatic rings. The minimum Gasteiger partial charge on any atom is -0.490 e. The Labute approximate surface area is 234 Å². The van der Waals surface area contributed by atoms with E-state index in [4.69, 9.17) is 4.74 Å². The minimum absolute atomic E-state index is 0.0564. The van der Waals surface area contributed by atoms with Crippen LogP contribution in [-0.4, -0.2) is 101 Å². The first-order valence-corrected chi connectivity index (χ1v) is 17.1. The molecule has 1 unspecified atom stereocenters. The fraction of sp³-hybridized carbons (Fsp3) is 0.607. The summed E-state index contributed by atoms with van der Waals surface area (Å²) in [6.45, 7) is 10.9. The number of allylic oxidation sites excluding steroid dienone is 1. The van der Waals surface area contributed by atoms with Crippen LogP contribution in [0, 0.1) is 0 Å². The molecule has 1 amide bonds. The van der Waals surface area contributed by atoms with E-state index in [-0.39, 0.29) is 22.5 Å². The van der Waals surface area contributed by atoms with Crippen LogP contribution in [0.15, 0.2) is 46.4 Å². The summed E-state index contributed by atoms with van der Waals surface area (Å²) in [4.78, 5) is 17.5. The van der Waals surface area contributed by atoms with Gasteiger partial charge in [0.25, 0.3) is 5.91 Å². The molecule has 1 saturated heterocycles. The number of sulfonamides is 1. The zero-order valence-electron chi connectivity index (χ0n) is 24.0. The van der Waals surface area contributed by atoms with Gasteiger partial charge in [-0.25, -0.2) is 16.8 Å². The van der Waals surface area contributed by atoms with Gasteiger partial charge in [-0.3, -0.25) is 4.79 Å². The molecule has 4 rings (SSSR count). The summed E-state index contributed by atoms with van der Waals surface area (Å²) in [5, 5.41) is -0.660. The molecule has 1 fully saturated rings. The number of amides is 1. The molecule has 0 radical (unpaired) electrons. The van der Waals surface area contributed by atoms with Gasteiger partial charge in [-0.05, 0) is 63.9 Å². The van der Waals surface area contributed by atoms with E-state index in [1.807, 2.05) is 46.9 Å². The number of hydrogen-bond donors (Lipinski definition) is 0. The van der Waals surface area contributed by atoms with Gasteiger partial charge in [-0.15, -0.1) is 0 Å². The molecule has 2 heterocycles. The Morgan fingerprint density at radius 2 is 1.67 bits per heavy atom. The molecule has 1 aromatic carbocycles. The highest BCUT2D eigenvalue weighted by molar-refractivity contribution is 7.90. The Hall–Kier alpha value is -2.21. The zero-order chi connectivity index (χ0) is 29.0. The number of sulfone groups is 1. The third-order valence-corrected chi connectivity index (χ3v) is 10.5. The van der Waals surface area contributed by atoms with Crippen LogP contribution >= 0.6 is 0 Å². The van der Waals surface area contributed by atoms with Gasteiger partial charge in [0.2, 0.25) is 10.0 Å². The molecule has 0 bridgehead atoms. The topological polar surface area (TPSA) is 104 Å². The number of carbonyl (C=O) groups excluding carboxylic acids is 1. The Morgan fingerprint density at radius 3 is 2.28 bits per heavy atom. The van der Waals surface area contributed by atoms with Crippen molar-refractivity contribution in [3.05, 3.63) is 47.1 Å². The van der Waals surface area contributed by atoms with Crippen LogP contribution in [0.3, 0.4) is 0 Å². The van der Waals surface area contributed by atoms with Gasteiger partial charge in [0, 0.05) is 45.5 Å². The molecule has 1 atom stereocenters. The molecule has 1 aliphatic carbocycles. The van der Waals surface area contributed by atoms with Crippen LogP contribution in [0.25, 0.3) is 0 Å². The quantitative estimate of drug-likeness (QED) is 0.475. The maximum atomic E-state index is 13.7. The number of hydrogen-bond acceptors (Lipinski definition) is 7. The predicted octanol–water partition coefficient (Wildman–Crippen LogP) is 3.34. The van der Waals surface area contributed by atoms with Crippen LogP contribution in [0.4, 0.5) is 0 Å². The zero-order valence-corrected chi connectivity index (χ0v) is 25.6. The number of piperazine rings is 1. The lowest BCUT2D eigenvalue weighted by Crippen LogP contribution is -2.49. The summed E-state index contributed by atoms with van der Waals surface area (Å²) in [5.41, 5.74) is 2.35. The smallest absolute Gasteiger partial charge is 0.257 e. The molecular weight excluding hydrogens is 538 g/mol. The molecule has 0 N–H and O–H groups in total. The Kier molecular flexibility index (Phi) is 10.4. The number of likely N-dealkylation sites (N-methyl/N-ethyl adjacent to an activating group) is 1. The molecule has 0 spiro atoms. The van der Waals surface area contributed by atoms with Crippen molar-refractivity contribution in [2.75, 3.05) is 52.6 Å². The molecule has 39 heavy (non-hydrogen) atoms. The summed E-state index contributed by atoms with van der Waals surface area (Å²) in [6, 6.07) is 4.37. The average molecular weight is 582 g/mol. The number of nitrogens with zero attached hydrogens (tertiary/aromatic N) is 3. The minimum atomic E-state index is -3.52. The van der Waals surface area contributed by atoms with Crippen molar-refractivity contribution < 1.29 is 26.4 Å². The van der Waals surface area contributed by atoms with Crippen molar-refractivity contribution in [1.29, 1.82) is 0 Å². The van der Waals surface area contributed by atoms with Crippen LogP contribution in [-0.2, 0) is 19.9 Å². The molecule has 11 heteroatoms. The lowest BCUT2D eigenvalue weighted by Gasteiger charge is -2.35. The summed E-state index contributed by atoms with van der Waals surface area (Å²) in [7, 11) is -5.04. The number of benzene rings is 1. The van der Waals surface area contributed by atoms with Crippen LogP contribution in [0.2, 0.25) is 0 Å². The largest absolute Gasteiger partial charge is 0.490 e. The van der Waals surface area contributed by atoms with Gasteiger partial charge in [-0.1, -0.05) is 31.6 Å². The van der Waals surface area contributed by atoms with Crippen molar-refractivity contribution in [3.63, 3.8) is 0 Å². The lowest BCUT2D eigenvalue weighted by atomic mass is 9.95. The maximum absolute atomic E-state index is 13.7. The summed E-state index contributed by atoms with van der Waals surface area (Å²) < 4.78 is 58.7. The second-order valence-corrected chi connectivity index (χ2v) is 14.6. The van der Waals surface area contributed by atoms with Crippen molar-refractivity contribution >= 4 is 25.8 Å². The molecular formula is C28H43N3O6S2. The van der Waals surface area contributed by atoms with E-state index in [0.29, 0.717) is 64.3 Å². The molecule has 0 aromatic heterocycles. The van der Waals surface area contributed by atoms with E-state index in [1.54, 1.807) is 9.21 Å². The summed E-state index contributed by atoms with van der Waals surface area (Å²) in [5.74, 6) is 0.0219. The number of ether oxygens (including phenoxy) is 1. The van der Waals surface area contributed by atoms with E-state index in [0.717, 1.165) is 11.8 Å². The highest BCUT2D eigenvalue weighted by Crippen LogP contribution is 2.33. The van der Waals surface area contributed by atoms with Gasteiger partial charge in [-0.2, -0.15) is 4.31 Å². The van der Waals surface area contributed by atoms with E-state index in [2.05, 4.69) is 4.90 Å². The fourth-order valence-corrected chi connectivity index (χ4v) is 7.47. The first-order chi connectivity index (χ1) is 18.4. The van der Waals surface area contributed by atoms with Gasteiger partial charge in [0.05, 0.1) is 21.8 Å². The highest BCUT2D eigenvalue weighted by Gasteiger charge is 2.36. The van der Waals surface area contributed by atoms with Crippen LogP contribution < -0.4 is 4.74 Å². The lowest BCUT2D eigenvalue weighted by molar-refractivity contribution is 0.0755. The van der Waals surface area contributed by atoms with Crippen molar-refractivity contribution in [1.82, 2.24) is 14.1 Å². The molecule has 0 saturated carbocycles. The third kappa shape index (κ3) is 7.50.